The molecule has 0 bridgehead atoms. The zero-order valence-electron chi connectivity index (χ0n) is 12.1. The van der Waals surface area contributed by atoms with E-state index in [1.807, 2.05) is 0 Å². The molecule has 0 spiro atoms. The lowest BCUT2D eigenvalue weighted by molar-refractivity contribution is 0.213. The predicted molar refractivity (Wildman–Crippen MR) is 87.8 cm³/mol. The first-order valence-electron chi connectivity index (χ1n) is 8.05. The molecule has 3 atom stereocenters. The van der Waals surface area contributed by atoms with E-state index in [2.05, 4.69) is 50.8 Å². The van der Waals surface area contributed by atoms with E-state index in [-0.39, 0.29) is 0 Å². The third-order valence-corrected chi connectivity index (χ3v) is 5.72. The van der Waals surface area contributed by atoms with Gasteiger partial charge in [-0.15, -0.1) is 0 Å². The van der Waals surface area contributed by atoms with Crippen LogP contribution in [0.15, 0.2) is 28.7 Å². The second-order valence-corrected chi connectivity index (χ2v) is 7.08. The van der Waals surface area contributed by atoms with Gasteiger partial charge < -0.3 is 10.6 Å². The van der Waals surface area contributed by atoms with Gasteiger partial charge in [-0.05, 0) is 49.8 Å². The zero-order valence-corrected chi connectivity index (χ0v) is 13.7. The van der Waals surface area contributed by atoms with E-state index in [9.17, 15) is 0 Å². The zero-order chi connectivity index (χ0) is 13.8. The normalized spacial score (nSPS) is 30.6. The Balaban J connectivity index is 1.60. The summed E-state index contributed by atoms with van der Waals surface area (Å²) in [6, 6.07) is 9.99. The highest BCUT2D eigenvalue weighted by atomic mass is 79.9. The summed E-state index contributed by atoms with van der Waals surface area (Å²) in [5, 5.41) is 7.55. The molecule has 1 aliphatic carbocycles. The number of nitrogens with one attached hydrogen (secondary N) is 2. The molecular formula is C17H25BrN2. The fourth-order valence-electron chi connectivity index (χ4n) is 3.85. The molecule has 1 aromatic rings. The van der Waals surface area contributed by atoms with Crippen LogP contribution >= 0.6 is 15.9 Å². The lowest BCUT2D eigenvalue weighted by Crippen LogP contribution is -2.46. The second kappa shape index (κ2) is 7.06. The standard InChI is InChI=1S/C17H25BrN2/c18-15-8-3-1-6-13(15)12-20-17-9-4-2-7-14(17)16-10-5-11-19-16/h1,3,6,8,14,16-17,19-20H,2,4-5,7,9-12H2. The van der Waals surface area contributed by atoms with E-state index in [1.54, 1.807) is 0 Å². The number of halogens is 1. The van der Waals surface area contributed by atoms with Crippen LogP contribution in [0.3, 0.4) is 0 Å². The maximum absolute atomic E-state index is 3.84. The average Bonchev–Trinajstić information content (AvgIpc) is 3.01. The van der Waals surface area contributed by atoms with E-state index in [0.717, 1.165) is 18.5 Å². The molecule has 1 saturated carbocycles. The summed E-state index contributed by atoms with van der Waals surface area (Å²) in [5.74, 6) is 0.828. The Labute approximate surface area is 130 Å². The highest BCUT2D eigenvalue weighted by Gasteiger charge is 2.32. The van der Waals surface area contributed by atoms with Gasteiger partial charge in [-0.25, -0.2) is 0 Å². The quantitative estimate of drug-likeness (QED) is 0.872. The third-order valence-electron chi connectivity index (χ3n) is 4.95. The van der Waals surface area contributed by atoms with Crippen molar-refractivity contribution in [2.75, 3.05) is 6.54 Å². The van der Waals surface area contributed by atoms with Gasteiger partial charge >= 0.3 is 0 Å². The smallest absolute Gasteiger partial charge is 0.0220 e. The van der Waals surface area contributed by atoms with Crippen molar-refractivity contribution in [1.82, 2.24) is 10.6 Å². The highest BCUT2D eigenvalue weighted by Crippen LogP contribution is 2.31. The molecule has 20 heavy (non-hydrogen) atoms. The number of hydrogen-bond donors (Lipinski definition) is 2. The summed E-state index contributed by atoms with van der Waals surface area (Å²) < 4.78 is 1.22. The Bertz CT molecular complexity index is 429. The summed E-state index contributed by atoms with van der Waals surface area (Å²) in [6.07, 6.45) is 8.27. The van der Waals surface area contributed by atoms with Gasteiger partial charge in [0.05, 0.1) is 0 Å². The van der Waals surface area contributed by atoms with E-state index < -0.39 is 0 Å². The Morgan fingerprint density at radius 1 is 1.10 bits per heavy atom. The molecule has 110 valence electrons. The van der Waals surface area contributed by atoms with E-state index >= 15 is 0 Å². The van der Waals surface area contributed by atoms with Gasteiger partial charge in [0.25, 0.3) is 0 Å². The Morgan fingerprint density at radius 3 is 2.75 bits per heavy atom. The largest absolute Gasteiger partial charge is 0.314 e. The van der Waals surface area contributed by atoms with E-state index in [0.29, 0.717) is 6.04 Å². The molecule has 1 aromatic carbocycles. The maximum atomic E-state index is 3.84. The Kier molecular flexibility index (Phi) is 5.14. The van der Waals surface area contributed by atoms with Gasteiger partial charge in [0.1, 0.15) is 0 Å². The van der Waals surface area contributed by atoms with Gasteiger partial charge in [0, 0.05) is 23.1 Å². The first kappa shape index (κ1) is 14.6. The van der Waals surface area contributed by atoms with Gasteiger partial charge in [0.2, 0.25) is 0 Å². The molecular weight excluding hydrogens is 312 g/mol. The van der Waals surface area contributed by atoms with Crippen molar-refractivity contribution >= 4 is 15.9 Å². The lowest BCUT2D eigenvalue weighted by Gasteiger charge is -2.36. The van der Waals surface area contributed by atoms with Crippen LogP contribution in [-0.4, -0.2) is 18.6 Å². The summed E-state index contributed by atoms with van der Waals surface area (Å²) in [6.45, 7) is 2.20. The van der Waals surface area contributed by atoms with E-state index in [1.165, 1.54) is 55.1 Å². The minimum Gasteiger partial charge on any atom is -0.314 e. The first-order valence-corrected chi connectivity index (χ1v) is 8.84. The topological polar surface area (TPSA) is 24.1 Å². The van der Waals surface area contributed by atoms with Gasteiger partial charge in [-0.3, -0.25) is 0 Å². The van der Waals surface area contributed by atoms with Crippen LogP contribution in [0.2, 0.25) is 0 Å². The van der Waals surface area contributed by atoms with Crippen molar-refractivity contribution in [3.63, 3.8) is 0 Å². The lowest BCUT2D eigenvalue weighted by atomic mass is 9.79. The first-order chi connectivity index (χ1) is 9.84. The Hall–Kier alpha value is -0.380. The van der Waals surface area contributed by atoms with Crippen LogP contribution < -0.4 is 10.6 Å². The van der Waals surface area contributed by atoms with Crippen molar-refractivity contribution < 1.29 is 0 Å². The van der Waals surface area contributed by atoms with E-state index in [4.69, 9.17) is 0 Å². The summed E-state index contributed by atoms with van der Waals surface area (Å²) >= 11 is 3.65. The van der Waals surface area contributed by atoms with Gasteiger partial charge in [0.15, 0.2) is 0 Å². The minimum absolute atomic E-state index is 0.687. The summed E-state index contributed by atoms with van der Waals surface area (Å²) in [7, 11) is 0. The number of rotatable bonds is 4. The fraction of sp³-hybridized carbons (Fsp3) is 0.647. The average molecular weight is 337 g/mol. The minimum atomic E-state index is 0.687. The SMILES string of the molecule is Brc1ccccc1CNC1CCCCC1C1CCCN1. The molecule has 3 rings (SSSR count). The number of hydrogen-bond acceptors (Lipinski definition) is 2. The molecule has 0 radical (unpaired) electrons. The van der Waals surface area contributed by atoms with Crippen molar-refractivity contribution in [3.8, 4) is 0 Å². The predicted octanol–water partition coefficient (Wildman–Crippen LogP) is 3.85. The summed E-state index contributed by atoms with van der Waals surface area (Å²) in [4.78, 5) is 0. The molecule has 0 amide bonds. The second-order valence-electron chi connectivity index (χ2n) is 6.23. The molecule has 3 unspecified atom stereocenters. The molecule has 2 aliphatic rings. The van der Waals surface area contributed by atoms with Crippen LogP contribution in [0.4, 0.5) is 0 Å². The summed E-state index contributed by atoms with van der Waals surface area (Å²) in [5.41, 5.74) is 1.37. The molecule has 1 aliphatic heterocycles. The van der Waals surface area contributed by atoms with Crippen molar-refractivity contribution in [3.05, 3.63) is 34.3 Å². The molecule has 2 nitrogen and oxygen atoms in total. The molecule has 2 N–H and O–H groups in total. The van der Waals surface area contributed by atoms with Gasteiger partial charge in [-0.2, -0.15) is 0 Å². The third kappa shape index (κ3) is 3.44. The van der Waals surface area contributed by atoms with Crippen molar-refractivity contribution in [2.45, 2.75) is 57.2 Å². The molecule has 2 fully saturated rings. The van der Waals surface area contributed by atoms with Crippen LogP contribution in [0.5, 0.6) is 0 Å². The monoisotopic (exact) mass is 336 g/mol. The van der Waals surface area contributed by atoms with Crippen LogP contribution in [-0.2, 0) is 6.54 Å². The molecule has 1 saturated heterocycles. The maximum Gasteiger partial charge on any atom is 0.0220 e. The van der Waals surface area contributed by atoms with Crippen LogP contribution in [0.1, 0.15) is 44.1 Å². The molecule has 1 heterocycles. The van der Waals surface area contributed by atoms with Crippen LogP contribution in [0.25, 0.3) is 0 Å². The molecule has 3 heteroatoms. The fourth-order valence-corrected chi connectivity index (χ4v) is 4.28. The van der Waals surface area contributed by atoms with Crippen molar-refractivity contribution in [1.29, 1.82) is 0 Å². The van der Waals surface area contributed by atoms with Crippen molar-refractivity contribution in [2.24, 2.45) is 5.92 Å². The van der Waals surface area contributed by atoms with Crippen LogP contribution in [0, 0.1) is 5.92 Å². The Morgan fingerprint density at radius 2 is 1.95 bits per heavy atom. The number of benzene rings is 1. The highest BCUT2D eigenvalue weighted by molar-refractivity contribution is 9.10. The van der Waals surface area contributed by atoms with Gasteiger partial charge in [-0.1, -0.05) is 47.0 Å². The molecule has 0 aromatic heterocycles.